The average Bonchev–Trinajstić information content (AvgIpc) is 2.93. The molecule has 1 heterocycles. The van der Waals surface area contributed by atoms with Crippen LogP contribution in [-0.4, -0.2) is 82.8 Å². The number of esters is 1. The summed E-state index contributed by atoms with van der Waals surface area (Å²) in [5.41, 5.74) is 1.54. The zero-order chi connectivity index (χ0) is 27.7. The summed E-state index contributed by atoms with van der Waals surface area (Å²) in [7, 11) is -2.37. The number of hydrogen-bond donors (Lipinski definition) is 2. The summed E-state index contributed by atoms with van der Waals surface area (Å²) >= 11 is 0. The fraction of sp³-hybridized carbons (Fsp3) is 0.385. The predicted molar refractivity (Wildman–Crippen MR) is 143 cm³/mol. The molecule has 0 radical (unpaired) electrons. The van der Waals surface area contributed by atoms with Crippen LogP contribution in [0.5, 0.6) is 11.5 Å². The number of hydrogen-bond acceptors (Lipinski definition) is 9. The fourth-order valence-electron chi connectivity index (χ4n) is 3.89. The van der Waals surface area contributed by atoms with Gasteiger partial charge in [0.25, 0.3) is 5.91 Å². The quantitative estimate of drug-likeness (QED) is 0.321. The predicted octanol–water partition coefficient (Wildman–Crippen LogP) is 2.46. The number of morpholine rings is 1. The lowest BCUT2D eigenvalue weighted by molar-refractivity contribution is -0.142. The third-order valence-corrected chi connectivity index (χ3v) is 7.81. The minimum atomic E-state index is -3.78. The number of ether oxygens (including phenoxy) is 3. The highest BCUT2D eigenvalue weighted by atomic mass is 32.2. The monoisotopic (exact) mass is 547 g/mol. The van der Waals surface area contributed by atoms with Gasteiger partial charge in [-0.3, -0.25) is 4.79 Å². The van der Waals surface area contributed by atoms with E-state index in [1.54, 1.807) is 18.2 Å². The summed E-state index contributed by atoms with van der Waals surface area (Å²) in [5.74, 6) is -1.15. The Morgan fingerprint density at radius 2 is 1.84 bits per heavy atom. The number of carbonyl (C=O) groups excluding carboxylic acids is 2. The molecule has 1 aliphatic rings. The topological polar surface area (TPSA) is 135 Å². The van der Waals surface area contributed by atoms with E-state index in [0.717, 1.165) is 6.08 Å². The van der Waals surface area contributed by atoms with Gasteiger partial charge in [-0.1, -0.05) is 6.07 Å². The van der Waals surface area contributed by atoms with E-state index in [0.29, 0.717) is 43.2 Å². The largest absolute Gasteiger partial charge is 0.504 e. The van der Waals surface area contributed by atoms with Crippen molar-refractivity contribution < 1.29 is 37.3 Å². The van der Waals surface area contributed by atoms with Crippen molar-refractivity contribution in [3.8, 4) is 11.5 Å². The third kappa shape index (κ3) is 7.24. The molecule has 2 aromatic rings. The van der Waals surface area contributed by atoms with E-state index in [2.05, 4.69) is 5.32 Å². The van der Waals surface area contributed by atoms with Crippen molar-refractivity contribution in [1.29, 1.82) is 0 Å². The summed E-state index contributed by atoms with van der Waals surface area (Å²) < 4.78 is 43.0. The van der Waals surface area contributed by atoms with Crippen LogP contribution in [0.2, 0.25) is 0 Å². The number of methoxy groups -OCH3 is 1. The molecule has 0 unspecified atom stereocenters. The molecular weight excluding hydrogens is 514 g/mol. The van der Waals surface area contributed by atoms with E-state index < -0.39 is 28.5 Å². The highest BCUT2D eigenvalue weighted by Gasteiger charge is 2.27. The van der Waals surface area contributed by atoms with Crippen LogP contribution in [0, 0.1) is 0 Å². The Morgan fingerprint density at radius 1 is 1.13 bits per heavy atom. The van der Waals surface area contributed by atoms with E-state index in [1.807, 2.05) is 18.7 Å². The number of anilines is 2. The number of phenols is 1. The number of nitrogens with zero attached hydrogens (tertiary/aromatic N) is 2. The Morgan fingerprint density at radius 3 is 2.50 bits per heavy atom. The molecule has 0 aromatic heterocycles. The van der Waals surface area contributed by atoms with Crippen LogP contribution >= 0.6 is 0 Å². The Hall–Kier alpha value is -3.61. The van der Waals surface area contributed by atoms with Gasteiger partial charge in [0.05, 0.1) is 36.6 Å². The van der Waals surface area contributed by atoms with E-state index in [1.165, 1.54) is 35.7 Å². The van der Waals surface area contributed by atoms with Gasteiger partial charge in [0.2, 0.25) is 10.0 Å². The zero-order valence-electron chi connectivity index (χ0n) is 21.7. The maximum absolute atomic E-state index is 13.2. The van der Waals surface area contributed by atoms with Gasteiger partial charge in [0.1, 0.15) is 0 Å². The number of nitrogens with one attached hydrogen (secondary N) is 1. The highest BCUT2D eigenvalue weighted by Crippen LogP contribution is 2.31. The van der Waals surface area contributed by atoms with Gasteiger partial charge >= 0.3 is 5.97 Å². The van der Waals surface area contributed by atoms with Gasteiger partial charge in [0.15, 0.2) is 18.1 Å². The molecule has 38 heavy (non-hydrogen) atoms. The summed E-state index contributed by atoms with van der Waals surface area (Å²) in [6.45, 7) is 5.75. The van der Waals surface area contributed by atoms with Crippen LogP contribution in [0.3, 0.4) is 0 Å². The van der Waals surface area contributed by atoms with E-state index in [9.17, 15) is 23.1 Å². The molecule has 1 amide bonds. The van der Waals surface area contributed by atoms with Gasteiger partial charge in [0, 0.05) is 32.3 Å². The molecule has 0 spiro atoms. The fourth-order valence-corrected chi connectivity index (χ4v) is 5.32. The molecule has 2 N–H and O–H groups in total. The van der Waals surface area contributed by atoms with Crippen LogP contribution in [0.1, 0.15) is 19.4 Å². The molecule has 1 saturated heterocycles. The van der Waals surface area contributed by atoms with Crippen LogP contribution in [0.25, 0.3) is 6.08 Å². The Bertz CT molecular complexity index is 1270. The lowest BCUT2D eigenvalue weighted by Crippen LogP contribution is -2.40. The normalized spacial score (nSPS) is 14.3. The van der Waals surface area contributed by atoms with Crippen molar-refractivity contribution in [1.82, 2.24) is 4.31 Å². The van der Waals surface area contributed by atoms with E-state index >= 15 is 0 Å². The number of rotatable bonds is 11. The maximum Gasteiger partial charge on any atom is 0.331 e. The number of benzene rings is 2. The molecule has 1 aliphatic heterocycles. The number of carbonyl (C=O) groups is 2. The van der Waals surface area contributed by atoms with Crippen LogP contribution in [0.4, 0.5) is 11.4 Å². The molecular formula is C26H33N3O8S. The van der Waals surface area contributed by atoms with E-state index in [4.69, 9.17) is 14.2 Å². The van der Waals surface area contributed by atoms with Gasteiger partial charge in [-0.25, -0.2) is 13.2 Å². The summed E-state index contributed by atoms with van der Waals surface area (Å²) in [6, 6.07) is 9.17. The number of sulfonamides is 1. The molecule has 3 rings (SSSR count). The molecule has 206 valence electrons. The van der Waals surface area contributed by atoms with Crippen LogP contribution in [-0.2, 0) is 29.1 Å². The molecule has 11 nitrogen and oxygen atoms in total. The summed E-state index contributed by atoms with van der Waals surface area (Å²) in [4.78, 5) is 26.8. The lowest BCUT2D eigenvalue weighted by atomic mass is 10.2. The van der Waals surface area contributed by atoms with Crippen molar-refractivity contribution in [2.24, 2.45) is 0 Å². The van der Waals surface area contributed by atoms with Crippen molar-refractivity contribution in [3.63, 3.8) is 0 Å². The first kappa shape index (κ1) is 29.0. The number of aromatic hydroxyl groups is 1. The minimum Gasteiger partial charge on any atom is -0.504 e. The number of phenolic OH excluding ortho intramolecular Hbond substituents is 1. The average molecular weight is 548 g/mol. The Labute approximate surface area is 222 Å². The maximum atomic E-state index is 13.2. The molecule has 0 aliphatic carbocycles. The zero-order valence-corrected chi connectivity index (χ0v) is 22.5. The van der Waals surface area contributed by atoms with Gasteiger partial charge in [-0.2, -0.15) is 4.31 Å². The third-order valence-electron chi connectivity index (χ3n) is 5.92. The highest BCUT2D eigenvalue weighted by molar-refractivity contribution is 7.89. The van der Waals surface area contributed by atoms with Crippen LogP contribution in [0.15, 0.2) is 47.4 Å². The molecule has 0 atom stereocenters. The summed E-state index contributed by atoms with van der Waals surface area (Å²) in [5, 5.41) is 12.4. The second kappa shape index (κ2) is 13.3. The first-order valence-corrected chi connectivity index (χ1v) is 13.6. The molecule has 0 saturated carbocycles. The number of amides is 1. The second-order valence-corrected chi connectivity index (χ2v) is 10.2. The van der Waals surface area contributed by atoms with E-state index in [-0.39, 0.29) is 29.5 Å². The van der Waals surface area contributed by atoms with Gasteiger partial charge in [-0.05, 0) is 55.8 Å². The standard InChI is InChI=1S/C26H33N3O8S/c1-4-28(5-2)22-9-8-20(38(33,34)29-12-14-36-15-13-29)17-21(22)27-25(31)18-37-26(32)11-7-19-6-10-23(30)24(16-19)35-3/h6-11,16-17,30H,4-5,12-15,18H2,1-3H3,(H,27,31)/b11-7-. The first-order valence-electron chi connectivity index (χ1n) is 12.2. The van der Waals surface area contributed by atoms with Crippen molar-refractivity contribution in [2.75, 3.05) is 63.3 Å². The SMILES string of the molecule is CCN(CC)c1ccc(S(=O)(=O)N2CCOCC2)cc1NC(=O)COC(=O)/C=C\c1ccc(O)c(OC)c1. The smallest absolute Gasteiger partial charge is 0.331 e. The van der Waals surface area contributed by atoms with Crippen LogP contribution < -0.4 is 15.0 Å². The Kier molecular flexibility index (Phi) is 10.1. The van der Waals surface area contributed by atoms with Crippen molar-refractivity contribution in [3.05, 3.63) is 48.0 Å². The molecule has 0 bridgehead atoms. The lowest BCUT2D eigenvalue weighted by Gasteiger charge is -2.28. The molecule has 12 heteroatoms. The van der Waals surface area contributed by atoms with Gasteiger partial charge < -0.3 is 29.5 Å². The van der Waals surface area contributed by atoms with Crippen molar-refractivity contribution in [2.45, 2.75) is 18.7 Å². The van der Waals surface area contributed by atoms with Crippen molar-refractivity contribution >= 4 is 39.4 Å². The Balaban J connectivity index is 1.72. The minimum absolute atomic E-state index is 0.0326. The second-order valence-electron chi connectivity index (χ2n) is 8.29. The van der Waals surface area contributed by atoms with Gasteiger partial charge in [-0.15, -0.1) is 0 Å². The first-order chi connectivity index (χ1) is 18.2. The molecule has 2 aromatic carbocycles. The molecule has 1 fully saturated rings. The summed E-state index contributed by atoms with van der Waals surface area (Å²) in [6.07, 6.45) is 2.61.